The van der Waals surface area contributed by atoms with Gasteiger partial charge in [-0.05, 0) is 61.7 Å². The lowest BCUT2D eigenvalue weighted by Crippen LogP contribution is -2.25. The molecule has 0 amide bonds. The highest BCUT2D eigenvalue weighted by atomic mass is 35.5. The van der Waals surface area contributed by atoms with E-state index in [1.165, 1.54) is 5.56 Å². The summed E-state index contributed by atoms with van der Waals surface area (Å²) < 4.78 is 5.92. The maximum Gasteiger partial charge on any atom is 0.134 e. The zero-order chi connectivity index (χ0) is 16.8. The van der Waals surface area contributed by atoms with Crippen LogP contribution >= 0.6 is 11.6 Å². The molecule has 1 aromatic heterocycles. The van der Waals surface area contributed by atoms with Crippen molar-refractivity contribution in [3.63, 3.8) is 0 Å². The second-order valence-electron chi connectivity index (χ2n) is 6.08. The minimum absolute atomic E-state index is 0.439. The highest BCUT2D eigenvalue weighted by molar-refractivity contribution is 6.30. The molecule has 0 saturated heterocycles. The molecular weight excluding hydrogens is 318 g/mol. The third kappa shape index (κ3) is 4.73. The van der Waals surface area contributed by atoms with Crippen molar-refractivity contribution >= 4 is 11.6 Å². The van der Waals surface area contributed by atoms with Crippen LogP contribution < -0.4 is 5.32 Å². The summed E-state index contributed by atoms with van der Waals surface area (Å²) in [6.45, 7) is 2.95. The van der Waals surface area contributed by atoms with Crippen LogP contribution in [-0.2, 0) is 13.0 Å². The Bertz CT molecular complexity index is 749. The van der Waals surface area contributed by atoms with E-state index in [0.717, 1.165) is 41.5 Å². The van der Waals surface area contributed by atoms with Gasteiger partial charge >= 0.3 is 0 Å². The number of benzene rings is 2. The van der Waals surface area contributed by atoms with Crippen LogP contribution in [0.25, 0.3) is 11.3 Å². The van der Waals surface area contributed by atoms with Crippen LogP contribution in [0.4, 0.5) is 0 Å². The van der Waals surface area contributed by atoms with Gasteiger partial charge in [0.15, 0.2) is 0 Å². The Balaban J connectivity index is 1.49. The van der Waals surface area contributed by atoms with Crippen molar-refractivity contribution in [1.82, 2.24) is 5.32 Å². The highest BCUT2D eigenvalue weighted by Crippen LogP contribution is 2.23. The molecule has 0 saturated carbocycles. The topological polar surface area (TPSA) is 25.2 Å². The van der Waals surface area contributed by atoms with Crippen LogP contribution in [0, 0.1) is 0 Å². The largest absolute Gasteiger partial charge is 0.460 e. The minimum Gasteiger partial charge on any atom is -0.460 e. The number of rotatable bonds is 7. The van der Waals surface area contributed by atoms with Crippen molar-refractivity contribution in [3.8, 4) is 11.3 Å². The Morgan fingerprint density at radius 1 is 0.958 bits per heavy atom. The van der Waals surface area contributed by atoms with E-state index in [9.17, 15) is 0 Å². The number of nitrogens with one attached hydrogen (secondary N) is 1. The van der Waals surface area contributed by atoms with Crippen LogP contribution in [0.1, 0.15) is 24.7 Å². The van der Waals surface area contributed by atoms with E-state index in [-0.39, 0.29) is 0 Å². The molecular formula is C21H22ClNO. The Hall–Kier alpha value is -2.03. The van der Waals surface area contributed by atoms with Gasteiger partial charge in [-0.25, -0.2) is 0 Å². The molecule has 1 heterocycles. The summed E-state index contributed by atoms with van der Waals surface area (Å²) in [4.78, 5) is 0. The molecule has 0 spiro atoms. The molecule has 24 heavy (non-hydrogen) atoms. The molecule has 2 aromatic carbocycles. The molecule has 3 heteroatoms. The first-order valence-electron chi connectivity index (χ1n) is 8.32. The average Bonchev–Trinajstić information content (AvgIpc) is 3.09. The summed E-state index contributed by atoms with van der Waals surface area (Å²) in [6.07, 6.45) is 2.19. The van der Waals surface area contributed by atoms with Crippen LogP contribution in [0.5, 0.6) is 0 Å². The fraction of sp³-hybridized carbons (Fsp3) is 0.238. The molecule has 124 valence electrons. The molecule has 0 fully saturated rings. The quantitative estimate of drug-likeness (QED) is 0.596. The molecule has 3 rings (SSSR count). The Kier molecular flexibility index (Phi) is 5.73. The summed E-state index contributed by atoms with van der Waals surface area (Å²) >= 11 is 5.92. The van der Waals surface area contributed by atoms with E-state index in [1.807, 2.05) is 36.4 Å². The zero-order valence-electron chi connectivity index (χ0n) is 13.8. The highest BCUT2D eigenvalue weighted by Gasteiger charge is 2.07. The van der Waals surface area contributed by atoms with Gasteiger partial charge in [0.25, 0.3) is 0 Å². The zero-order valence-corrected chi connectivity index (χ0v) is 14.6. The molecule has 1 atom stereocenters. The SMILES string of the molecule is C[C@H](CCc1ccccc1)NCc1ccc(-c2ccc(Cl)cc2)o1. The van der Waals surface area contributed by atoms with Gasteiger partial charge in [0.1, 0.15) is 11.5 Å². The predicted molar refractivity (Wildman–Crippen MR) is 100 cm³/mol. The van der Waals surface area contributed by atoms with Crippen molar-refractivity contribution in [1.29, 1.82) is 0 Å². The molecule has 0 aliphatic heterocycles. The third-order valence-electron chi connectivity index (χ3n) is 4.12. The predicted octanol–water partition coefficient (Wildman–Crippen LogP) is 5.71. The van der Waals surface area contributed by atoms with Crippen LogP contribution in [0.3, 0.4) is 0 Å². The lowest BCUT2D eigenvalue weighted by Gasteiger charge is -2.12. The maximum absolute atomic E-state index is 5.92. The van der Waals surface area contributed by atoms with E-state index >= 15 is 0 Å². The van der Waals surface area contributed by atoms with Gasteiger partial charge in [-0.15, -0.1) is 0 Å². The van der Waals surface area contributed by atoms with Gasteiger partial charge in [0, 0.05) is 16.6 Å². The number of aryl methyl sites for hydroxylation is 1. The molecule has 1 N–H and O–H groups in total. The average molecular weight is 340 g/mol. The van der Waals surface area contributed by atoms with E-state index in [0.29, 0.717) is 6.04 Å². The Morgan fingerprint density at radius 3 is 2.46 bits per heavy atom. The number of hydrogen-bond acceptors (Lipinski definition) is 2. The van der Waals surface area contributed by atoms with Crippen molar-refractivity contribution in [2.24, 2.45) is 0 Å². The monoisotopic (exact) mass is 339 g/mol. The molecule has 2 nitrogen and oxygen atoms in total. The first-order valence-corrected chi connectivity index (χ1v) is 8.70. The fourth-order valence-electron chi connectivity index (χ4n) is 2.65. The summed E-state index contributed by atoms with van der Waals surface area (Å²) in [5.74, 6) is 1.83. The molecule has 0 bridgehead atoms. The summed E-state index contributed by atoms with van der Waals surface area (Å²) in [5.41, 5.74) is 2.43. The standard InChI is InChI=1S/C21H22ClNO/c1-16(7-8-17-5-3-2-4-6-17)23-15-20-13-14-21(24-20)18-9-11-19(22)12-10-18/h2-6,9-14,16,23H,7-8,15H2,1H3/t16-/m1/s1. The van der Waals surface area contributed by atoms with E-state index in [2.05, 4.69) is 42.6 Å². The molecule has 0 unspecified atom stereocenters. The van der Waals surface area contributed by atoms with Crippen molar-refractivity contribution in [3.05, 3.63) is 83.1 Å². The minimum atomic E-state index is 0.439. The second kappa shape index (κ2) is 8.18. The number of furan rings is 1. The summed E-state index contributed by atoms with van der Waals surface area (Å²) in [7, 11) is 0. The van der Waals surface area contributed by atoms with Gasteiger partial charge in [-0.3, -0.25) is 0 Å². The molecule has 0 aliphatic rings. The second-order valence-corrected chi connectivity index (χ2v) is 6.52. The molecule has 3 aromatic rings. The molecule has 0 aliphatic carbocycles. The van der Waals surface area contributed by atoms with Gasteiger partial charge in [0.2, 0.25) is 0 Å². The summed E-state index contributed by atoms with van der Waals surface area (Å²) in [5, 5.41) is 4.26. The van der Waals surface area contributed by atoms with Gasteiger partial charge in [0.05, 0.1) is 6.54 Å². The maximum atomic E-state index is 5.92. The normalized spacial score (nSPS) is 12.2. The van der Waals surface area contributed by atoms with Gasteiger partial charge in [-0.1, -0.05) is 41.9 Å². The molecule has 0 radical (unpaired) electrons. The van der Waals surface area contributed by atoms with Crippen molar-refractivity contribution in [2.75, 3.05) is 0 Å². The number of hydrogen-bond donors (Lipinski definition) is 1. The van der Waals surface area contributed by atoms with E-state index in [4.69, 9.17) is 16.0 Å². The van der Waals surface area contributed by atoms with Crippen LogP contribution in [0.2, 0.25) is 5.02 Å². The smallest absolute Gasteiger partial charge is 0.134 e. The van der Waals surface area contributed by atoms with E-state index < -0.39 is 0 Å². The third-order valence-corrected chi connectivity index (χ3v) is 4.38. The Morgan fingerprint density at radius 2 is 1.71 bits per heavy atom. The van der Waals surface area contributed by atoms with E-state index in [1.54, 1.807) is 0 Å². The van der Waals surface area contributed by atoms with Gasteiger partial charge < -0.3 is 9.73 Å². The van der Waals surface area contributed by atoms with Crippen LogP contribution in [0.15, 0.2) is 71.1 Å². The number of halogens is 1. The lowest BCUT2D eigenvalue weighted by molar-refractivity contribution is 0.449. The van der Waals surface area contributed by atoms with Crippen LogP contribution in [-0.4, -0.2) is 6.04 Å². The first kappa shape index (κ1) is 16.8. The van der Waals surface area contributed by atoms with Crippen molar-refractivity contribution in [2.45, 2.75) is 32.4 Å². The van der Waals surface area contributed by atoms with Gasteiger partial charge in [-0.2, -0.15) is 0 Å². The van der Waals surface area contributed by atoms with Crippen molar-refractivity contribution < 1.29 is 4.42 Å². The first-order chi connectivity index (χ1) is 11.7. The Labute approximate surface area is 148 Å². The summed E-state index contributed by atoms with van der Waals surface area (Å²) in [6, 6.07) is 22.8. The fourth-order valence-corrected chi connectivity index (χ4v) is 2.77. The lowest BCUT2D eigenvalue weighted by atomic mass is 10.1.